The summed E-state index contributed by atoms with van der Waals surface area (Å²) in [5.41, 5.74) is 0.372. The van der Waals surface area contributed by atoms with Crippen molar-refractivity contribution in [2.75, 3.05) is 0 Å². The van der Waals surface area contributed by atoms with E-state index in [2.05, 4.69) is 26.8 Å². The largest absolute Gasteiger partial charge is 0.198 e. The summed E-state index contributed by atoms with van der Waals surface area (Å²) in [4.78, 5) is 0. The molecule has 3 atom stereocenters. The molecule has 2 saturated carbocycles. The van der Waals surface area contributed by atoms with Crippen LogP contribution in [0.4, 0.5) is 0 Å². The van der Waals surface area contributed by atoms with Crippen LogP contribution in [-0.2, 0) is 0 Å². The minimum absolute atomic E-state index is 0.0602. The summed E-state index contributed by atoms with van der Waals surface area (Å²) in [5.74, 6) is 1.47. The van der Waals surface area contributed by atoms with E-state index in [1.807, 2.05) is 0 Å². The fraction of sp³-hybridized carbons (Fsp3) is 0.909. The van der Waals surface area contributed by atoms with Crippen LogP contribution in [-0.4, -0.2) is 0 Å². The van der Waals surface area contributed by atoms with Gasteiger partial charge in [0.1, 0.15) is 0 Å². The summed E-state index contributed by atoms with van der Waals surface area (Å²) in [6.07, 6.45) is 3.75. The van der Waals surface area contributed by atoms with Crippen molar-refractivity contribution in [1.82, 2.24) is 0 Å². The predicted octanol–water partition coefficient (Wildman–Crippen LogP) is 2.97. The average Bonchev–Trinajstić information content (AvgIpc) is 2.49. The van der Waals surface area contributed by atoms with Gasteiger partial charge in [0.25, 0.3) is 0 Å². The monoisotopic (exact) mass is 163 g/mol. The summed E-state index contributed by atoms with van der Waals surface area (Å²) < 4.78 is 0. The first-order chi connectivity index (χ1) is 5.54. The molecule has 0 saturated heterocycles. The van der Waals surface area contributed by atoms with E-state index in [-0.39, 0.29) is 5.41 Å². The third-order valence-electron chi connectivity index (χ3n) is 4.35. The normalized spacial score (nSPS) is 49.2. The molecule has 0 aliphatic heterocycles. The van der Waals surface area contributed by atoms with Gasteiger partial charge in [-0.3, -0.25) is 0 Å². The maximum Gasteiger partial charge on any atom is 0.0698 e. The van der Waals surface area contributed by atoms with E-state index in [9.17, 15) is 5.26 Å². The van der Waals surface area contributed by atoms with E-state index < -0.39 is 0 Å². The minimum Gasteiger partial charge on any atom is -0.198 e. The van der Waals surface area contributed by atoms with Gasteiger partial charge in [0.2, 0.25) is 0 Å². The third-order valence-corrected chi connectivity index (χ3v) is 4.35. The molecule has 0 aromatic carbocycles. The topological polar surface area (TPSA) is 23.8 Å². The van der Waals surface area contributed by atoms with Gasteiger partial charge < -0.3 is 0 Å². The van der Waals surface area contributed by atoms with Crippen molar-refractivity contribution >= 4 is 0 Å². The molecule has 2 aliphatic rings. The first-order valence-corrected chi connectivity index (χ1v) is 4.96. The second kappa shape index (κ2) is 2.05. The summed E-state index contributed by atoms with van der Waals surface area (Å²) in [6.45, 7) is 6.81. The highest BCUT2D eigenvalue weighted by Crippen LogP contribution is 2.75. The molecule has 2 rings (SSSR count). The van der Waals surface area contributed by atoms with Crippen LogP contribution >= 0.6 is 0 Å². The Morgan fingerprint density at radius 3 is 2.50 bits per heavy atom. The summed E-state index contributed by atoms with van der Waals surface area (Å²) in [7, 11) is 0. The van der Waals surface area contributed by atoms with Gasteiger partial charge in [-0.25, -0.2) is 0 Å². The van der Waals surface area contributed by atoms with Crippen LogP contribution < -0.4 is 0 Å². The average molecular weight is 163 g/mol. The van der Waals surface area contributed by atoms with Crippen LogP contribution in [0.5, 0.6) is 0 Å². The molecular formula is C11H17N. The molecule has 1 nitrogen and oxygen atoms in total. The van der Waals surface area contributed by atoms with E-state index in [1.54, 1.807) is 0 Å². The van der Waals surface area contributed by atoms with Crippen molar-refractivity contribution in [3.63, 3.8) is 0 Å². The van der Waals surface area contributed by atoms with Crippen molar-refractivity contribution in [3.05, 3.63) is 0 Å². The molecule has 0 radical (unpaired) electrons. The van der Waals surface area contributed by atoms with Gasteiger partial charge in [-0.1, -0.05) is 27.2 Å². The Bertz CT molecular complexity index is 248. The molecular weight excluding hydrogens is 146 g/mol. The first-order valence-electron chi connectivity index (χ1n) is 4.96. The zero-order chi connectivity index (χ0) is 8.98. The fourth-order valence-electron chi connectivity index (χ4n) is 3.35. The molecule has 0 bridgehead atoms. The first kappa shape index (κ1) is 8.10. The number of nitriles is 1. The number of hydrogen-bond donors (Lipinski definition) is 0. The van der Waals surface area contributed by atoms with Gasteiger partial charge in [0.05, 0.1) is 11.5 Å². The molecule has 0 N–H and O–H groups in total. The van der Waals surface area contributed by atoms with Crippen LogP contribution in [0.15, 0.2) is 0 Å². The van der Waals surface area contributed by atoms with Gasteiger partial charge in [0.15, 0.2) is 0 Å². The Kier molecular flexibility index (Phi) is 1.38. The van der Waals surface area contributed by atoms with E-state index in [1.165, 1.54) is 12.8 Å². The standard InChI is InChI=1S/C11H17N/c1-8-4-5-9-10(2,3)11(9,6-8)7-12/h8-9H,4-6H2,1-3H3. The zero-order valence-electron chi connectivity index (χ0n) is 8.22. The van der Waals surface area contributed by atoms with Gasteiger partial charge in [-0.05, 0) is 30.1 Å². The van der Waals surface area contributed by atoms with Crippen LogP contribution in [0, 0.1) is 34.0 Å². The quantitative estimate of drug-likeness (QED) is 0.538. The zero-order valence-corrected chi connectivity index (χ0v) is 8.22. The van der Waals surface area contributed by atoms with Crippen molar-refractivity contribution in [2.24, 2.45) is 22.7 Å². The summed E-state index contributed by atoms with van der Waals surface area (Å²) >= 11 is 0. The second-order valence-corrected chi connectivity index (χ2v) is 5.24. The van der Waals surface area contributed by atoms with Crippen LogP contribution in [0.25, 0.3) is 0 Å². The van der Waals surface area contributed by atoms with E-state index >= 15 is 0 Å². The van der Waals surface area contributed by atoms with Crippen molar-refractivity contribution in [2.45, 2.75) is 40.0 Å². The van der Waals surface area contributed by atoms with Crippen molar-refractivity contribution in [1.29, 1.82) is 5.26 Å². The van der Waals surface area contributed by atoms with Gasteiger partial charge in [-0.2, -0.15) is 5.26 Å². The minimum atomic E-state index is 0.0602. The summed E-state index contributed by atoms with van der Waals surface area (Å²) in [6, 6.07) is 2.58. The van der Waals surface area contributed by atoms with E-state index in [0.29, 0.717) is 11.3 Å². The van der Waals surface area contributed by atoms with Gasteiger partial charge >= 0.3 is 0 Å². The van der Waals surface area contributed by atoms with Crippen LogP contribution in [0.2, 0.25) is 0 Å². The smallest absolute Gasteiger partial charge is 0.0698 e. The number of rotatable bonds is 0. The molecule has 0 spiro atoms. The SMILES string of the molecule is CC1CCC2C(C)(C)C2(C#N)C1. The molecule has 12 heavy (non-hydrogen) atoms. The van der Waals surface area contributed by atoms with Crippen LogP contribution in [0.3, 0.4) is 0 Å². The Hall–Kier alpha value is -0.510. The molecule has 0 aromatic rings. The Morgan fingerprint density at radius 2 is 2.00 bits per heavy atom. The molecule has 1 heteroatoms. The second-order valence-electron chi connectivity index (χ2n) is 5.24. The summed E-state index contributed by atoms with van der Waals surface area (Å²) in [5, 5.41) is 9.20. The molecule has 2 fully saturated rings. The number of hydrogen-bond acceptors (Lipinski definition) is 1. The molecule has 3 unspecified atom stereocenters. The highest BCUT2D eigenvalue weighted by Gasteiger charge is 2.72. The Morgan fingerprint density at radius 1 is 1.33 bits per heavy atom. The fourth-order valence-corrected chi connectivity index (χ4v) is 3.35. The lowest BCUT2D eigenvalue weighted by Crippen LogP contribution is -2.15. The Balaban J connectivity index is 2.27. The molecule has 0 heterocycles. The number of nitrogens with zero attached hydrogens (tertiary/aromatic N) is 1. The third kappa shape index (κ3) is 0.690. The maximum atomic E-state index is 9.20. The lowest BCUT2D eigenvalue weighted by Gasteiger charge is -2.21. The lowest BCUT2D eigenvalue weighted by atomic mass is 9.82. The molecule has 66 valence electrons. The van der Waals surface area contributed by atoms with Crippen molar-refractivity contribution in [3.8, 4) is 6.07 Å². The van der Waals surface area contributed by atoms with E-state index in [0.717, 1.165) is 12.3 Å². The Labute approximate surface area is 74.8 Å². The maximum absolute atomic E-state index is 9.20. The highest BCUT2D eigenvalue weighted by molar-refractivity contribution is 5.28. The van der Waals surface area contributed by atoms with E-state index in [4.69, 9.17) is 0 Å². The lowest BCUT2D eigenvalue weighted by molar-refractivity contribution is 0.311. The van der Waals surface area contributed by atoms with Gasteiger partial charge in [0, 0.05) is 0 Å². The number of fused-ring (bicyclic) bond motifs is 1. The molecule has 0 amide bonds. The molecule has 0 aromatic heterocycles. The van der Waals surface area contributed by atoms with Crippen LogP contribution in [0.1, 0.15) is 40.0 Å². The van der Waals surface area contributed by atoms with Gasteiger partial charge in [-0.15, -0.1) is 0 Å². The predicted molar refractivity (Wildman–Crippen MR) is 48.3 cm³/mol. The highest BCUT2D eigenvalue weighted by atomic mass is 14.7. The van der Waals surface area contributed by atoms with Crippen molar-refractivity contribution < 1.29 is 0 Å². The molecule has 2 aliphatic carbocycles.